The number of hydrogen-bond donors (Lipinski definition) is 1. The van der Waals surface area contributed by atoms with E-state index in [4.69, 9.17) is 0 Å². The molecule has 0 aromatic heterocycles. The molecule has 0 bridgehead atoms. The maximum atomic E-state index is 12.8. The third kappa shape index (κ3) is 3.81. The number of benzene rings is 1. The van der Waals surface area contributed by atoms with Gasteiger partial charge in [0.05, 0.1) is 4.90 Å². The van der Waals surface area contributed by atoms with Crippen LogP contribution in [0.1, 0.15) is 31.4 Å². The van der Waals surface area contributed by atoms with Crippen LogP contribution in [0.5, 0.6) is 0 Å². The zero-order valence-electron chi connectivity index (χ0n) is 12.5. The second kappa shape index (κ2) is 7.54. The van der Waals surface area contributed by atoms with E-state index in [0.29, 0.717) is 29.0 Å². The normalized spacial score (nSPS) is 12.1. The molecule has 6 heteroatoms. The molecule has 0 radical (unpaired) electrons. The van der Waals surface area contributed by atoms with Crippen LogP contribution in [0.3, 0.4) is 0 Å². The summed E-state index contributed by atoms with van der Waals surface area (Å²) in [6.07, 6.45) is 0.805. The van der Waals surface area contributed by atoms with Gasteiger partial charge in [-0.2, -0.15) is 4.31 Å². The molecule has 20 heavy (non-hydrogen) atoms. The third-order valence-electron chi connectivity index (χ3n) is 3.11. The summed E-state index contributed by atoms with van der Waals surface area (Å²) < 4.78 is 27.7. The van der Waals surface area contributed by atoms with E-state index in [1.54, 1.807) is 6.07 Å². The molecule has 0 saturated carbocycles. The molecule has 1 N–H and O–H groups in total. The predicted molar refractivity (Wildman–Crippen MR) is 86.4 cm³/mol. The number of halogens is 1. The van der Waals surface area contributed by atoms with E-state index in [1.807, 2.05) is 33.9 Å². The highest BCUT2D eigenvalue weighted by atomic mass is 79.9. The maximum absolute atomic E-state index is 12.8. The zero-order valence-corrected chi connectivity index (χ0v) is 14.9. The van der Waals surface area contributed by atoms with Gasteiger partial charge in [-0.25, -0.2) is 8.42 Å². The highest BCUT2D eigenvalue weighted by Crippen LogP contribution is 2.29. The Bertz CT molecular complexity index is 559. The van der Waals surface area contributed by atoms with E-state index >= 15 is 0 Å². The summed E-state index contributed by atoms with van der Waals surface area (Å²) in [4.78, 5) is 0.359. The van der Waals surface area contributed by atoms with Crippen LogP contribution in [-0.2, 0) is 16.6 Å². The first-order valence-corrected chi connectivity index (χ1v) is 9.05. The Hall–Kier alpha value is -0.430. The minimum Gasteiger partial charge on any atom is -0.316 e. The Morgan fingerprint density at radius 1 is 1.30 bits per heavy atom. The first-order chi connectivity index (χ1) is 9.38. The molecule has 114 valence electrons. The molecule has 1 rings (SSSR count). The minimum atomic E-state index is -3.45. The van der Waals surface area contributed by atoms with Crippen molar-refractivity contribution in [2.45, 2.75) is 38.6 Å². The van der Waals surface area contributed by atoms with Gasteiger partial charge in [0, 0.05) is 24.1 Å². The van der Waals surface area contributed by atoms with Gasteiger partial charge in [0.25, 0.3) is 0 Å². The average Bonchev–Trinajstić information content (AvgIpc) is 2.39. The van der Waals surface area contributed by atoms with Gasteiger partial charge < -0.3 is 5.32 Å². The molecule has 0 heterocycles. The summed E-state index contributed by atoms with van der Waals surface area (Å²) in [5.41, 5.74) is 1.91. The largest absolute Gasteiger partial charge is 0.316 e. The molecular weight excluding hydrogens is 340 g/mol. The van der Waals surface area contributed by atoms with E-state index < -0.39 is 10.0 Å². The highest BCUT2D eigenvalue weighted by Gasteiger charge is 2.25. The van der Waals surface area contributed by atoms with Gasteiger partial charge in [-0.15, -0.1) is 0 Å². The Morgan fingerprint density at radius 3 is 2.45 bits per heavy atom. The fourth-order valence-electron chi connectivity index (χ4n) is 2.14. The lowest BCUT2D eigenvalue weighted by Crippen LogP contribution is -2.32. The fraction of sp³-hybridized carbons (Fsp3) is 0.571. The molecule has 4 nitrogen and oxygen atoms in total. The standard InChI is InChI=1S/C14H23BrN2O2S/c1-5-7-17(6-2)20(18,19)13-9-12(10-16-4)8-11(3)14(13)15/h8-9,16H,5-7,10H2,1-4H3. The summed E-state index contributed by atoms with van der Waals surface area (Å²) in [7, 11) is -1.60. The molecule has 0 atom stereocenters. The van der Waals surface area contributed by atoms with Gasteiger partial charge >= 0.3 is 0 Å². The van der Waals surface area contributed by atoms with Gasteiger partial charge in [-0.3, -0.25) is 0 Å². The summed E-state index contributed by atoms with van der Waals surface area (Å²) in [5, 5.41) is 3.05. The van der Waals surface area contributed by atoms with Gasteiger partial charge in [0.1, 0.15) is 0 Å². The average molecular weight is 363 g/mol. The monoisotopic (exact) mass is 362 g/mol. The Morgan fingerprint density at radius 2 is 1.95 bits per heavy atom. The van der Waals surface area contributed by atoms with E-state index in [2.05, 4.69) is 21.2 Å². The number of rotatable bonds is 7. The second-order valence-electron chi connectivity index (χ2n) is 4.75. The summed E-state index contributed by atoms with van der Waals surface area (Å²) in [6, 6.07) is 3.75. The molecule has 1 aromatic rings. The van der Waals surface area contributed by atoms with Crippen LogP contribution in [0.2, 0.25) is 0 Å². The van der Waals surface area contributed by atoms with Crippen LogP contribution in [0.15, 0.2) is 21.5 Å². The zero-order chi connectivity index (χ0) is 15.3. The fourth-order valence-corrected chi connectivity index (χ4v) is 4.71. The molecule has 1 aromatic carbocycles. The molecule has 0 spiro atoms. The molecule has 0 saturated heterocycles. The van der Waals surface area contributed by atoms with Gasteiger partial charge in [0.2, 0.25) is 10.0 Å². The molecule has 0 unspecified atom stereocenters. The summed E-state index contributed by atoms with van der Waals surface area (Å²) in [5.74, 6) is 0. The van der Waals surface area contributed by atoms with E-state index in [9.17, 15) is 8.42 Å². The SMILES string of the molecule is CCCN(CC)S(=O)(=O)c1cc(CNC)cc(C)c1Br. The van der Waals surface area contributed by atoms with Crippen LogP contribution in [0.4, 0.5) is 0 Å². The van der Waals surface area contributed by atoms with Crippen molar-refractivity contribution in [2.24, 2.45) is 0 Å². The smallest absolute Gasteiger partial charge is 0.244 e. The van der Waals surface area contributed by atoms with Crippen molar-refractivity contribution >= 4 is 26.0 Å². The van der Waals surface area contributed by atoms with E-state index in [1.165, 1.54) is 4.31 Å². The highest BCUT2D eigenvalue weighted by molar-refractivity contribution is 9.10. The van der Waals surface area contributed by atoms with Crippen molar-refractivity contribution in [3.05, 3.63) is 27.7 Å². The van der Waals surface area contributed by atoms with Crippen molar-refractivity contribution < 1.29 is 8.42 Å². The predicted octanol–water partition coefficient (Wildman–Crippen LogP) is 2.90. The summed E-state index contributed by atoms with van der Waals surface area (Å²) >= 11 is 3.42. The lowest BCUT2D eigenvalue weighted by molar-refractivity contribution is 0.426. The first kappa shape index (κ1) is 17.6. The second-order valence-corrected chi connectivity index (χ2v) is 7.45. The molecular formula is C14H23BrN2O2S. The number of hydrogen-bond acceptors (Lipinski definition) is 3. The van der Waals surface area contributed by atoms with E-state index in [0.717, 1.165) is 17.5 Å². The van der Waals surface area contributed by atoms with Crippen molar-refractivity contribution in [1.82, 2.24) is 9.62 Å². The van der Waals surface area contributed by atoms with Crippen LogP contribution >= 0.6 is 15.9 Å². The maximum Gasteiger partial charge on any atom is 0.244 e. The van der Waals surface area contributed by atoms with E-state index in [-0.39, 0.29) is 0 Å². The number of aryl methyl sites for hydroxylation is 1. The van der Waals surface area contributed by atoms with Crippen molar-refractivity contribution in [1.29, 1.82) is 0 Å². The van der Waals surface area contributed by atoms with Gasteiger partial charge in [0.15, 0.2) is 0 Å². The third-order valence-corrected chi connectivity index (χ3v) is 6.42. The number of nitrogens with one attached hydrogen (secondary N) is 1. The lowest BCUT2D eigenvalue weighted by Gasteiger charge is -2.21. The first-order valence-electron chi connectivity index (χ1n) is 6.82. The summed E-state index contributed by atoms with van der Waals surface area (Å²) in [6.45, 7) is 7.44. The lowest BCUT2D eigenvalue weighted by atomic mass is 10.1. The number of sulfonamides is 1. The molecule has 0 fully saturated rings. The van der Waals surface area contributed by atoms with Crippen LogP contribution < -0.4 is 5.32 Å². The van der Waals surface area contributed by atoms with Gasteiger partial charge in [-0.1, -0.05) is 19.9 Å². The topological polar surface area (TPSA) is 49.4 Å². The van der Waals surface area contributed by atoms with Crippen molar-refractivity contribution in [2.75, 3.05) is 20.1 Å². The minimum absolute atomic E-state index is 0.359. The van der Waals surface area contributed by atoms with Crippen LogP contribution in [0, 0.1) is 6.92 Å². The van der Waals surface area contributed by atoms with Crippen molar-refractivity contribution in [3.8, 4) is 0 Å². The molecule has 0 aliphatic carbocycles. The van der Waals surface area contributed by atoms with Crippen LogP contribution in [0.25, 0.3) is 0 Å². The van der Waals surface area contributed by atoms with Crippen LogP contribution in [-0.4, -0.2) is 32.9 Å². The Kier molecular flexibility index (Phi) is 6.64. The van der Waals surface area contributed by atoms with Gasteiger partial charge in [-0.05, 0) is 53.5 Å². The Balaban J connectivity index is 3.36. The molecule has 0 aliphatic heterocycles. The molecule has 0 amide bonds. The number of nitrogens with zero attached hydrogens (tertiary/aromatic N) is 1. The quantitative estimate of drug-likeness (QED) is 0.811. The van der Waals surface area contributed by atoms with Crippen molar-refractivity contribution in [3.63, 3.8) is 0 Å². The molecule has 0 aliphatic rings. The Labute approximate surface area is 130 Å².